The molecule has 0 bridgehead atoms. The third kappa shape index (κ3) is 5.62. The molecule has 186 valence electrons. The number of aryl methyl sites for hydroxylation is 2. The number of amides is 1. The van der Waals surface area contributed by atoms with Crippen LogP contribution in [0, 0.1) is 13.8 Å². The molecule has 0 aliphatic heterocycles. The van der Waals surface area contributed by atoms with Gasteiger partial charge >= 0.3 is 0 Å². The number of benzene rings is 3. The molecule has 0 saturated carbocycles. The van der Waals surface area contributed by atoms with Crippen LogP contribution in [0.2, 0.25) is 5.02 Å². The molecule has 0 aliphatic carbocycles. The van der Waals surface area contributed by atoms with Crippen LogP contribution in [0.4, 0.5) is 11.4 Å². The number of rotatable bonds is 6. The van der Waals surface area contributed by atoms with Gasteiger partial charge in [0.25, 0.3) is 15.9 Å². The fraction of sp³-hybridized carbons (Fsp3) is 0.120. The topological polar surface area (TPSA) is 96.5 Å². The zero-order valence-corrected chi connectivity index (χ0v) is 22.7. The van der Waals surface area contributed by atoms with E-state index in [2.05, 4.69) is 15.4 Å². The molecule has 1 heterocycles. The molecule has 0 atom stereocenters. The Morgan fingerprint density at radius 2 is 1.67 bits per heavy atom. The Balaban J connectivity index is 1.41. The van der Waals surface area contributed by atoms with Gasteiger partial charge in [0.05, 0.1) is 17.0 Å². The summed E-state index contributed by atoms with van der Waals surface area (Å²) in [5.41, 5.74) is 3.06. The number of carbonyl (C=O) groups excluding carboxylic acids is 1. The van der Waals surface area contributed by atoms with Crippen molar-refractivity contribution in [2.24, 2.45) is 0 Å². The number of carbonyl (C=O) groups is 1. The van der Waals surface area contributed by atoms with Crippen LogP contribution in [-0.4, -0.2) is 26.5 Å². The zero-order chi connectivity index (χ0) is 26.0. The second-order valence-electron chi connectivity index (χ2n) is 7.94. The van der Waals surface area contributed by atoms with Gasteiger partial charge in [0, 0.05) is 21.5 Å². The van der Waals surface area contributed by atoms with Crippen molar-refractivity contribution in [3.8, 4) is 5.75 Å². The smallest absolute Gasteiger partial charge is 0.269 e. The van der Waals surface area contributed by atoms with E-state index in [-0.39, 0.29) is 10.0 Å². The molecule has 1 amide bonds. The maximum Gasteiger partial charge on any atom is 0.269 e. The second kappa shape index (κ2) is 10.4. The van der Waals surface area contributed by atoms with Crippen LogP contribution in [0.3, 0.4) is 0 Å². The molecule has 0 radical (unpaired) electrons. The number of hydrogen-bond donors (Lipinski definition) is 3. The third-order valence-corrected chi connectivity index (χ3v) is 8.71. The van der Waals surface area contributed by atoms with Gasteiger partial charge in [-0.25, -0.2) is 8.42 Å². The summed E-state index contributed by atoms with van der Waals surface area (Å²) in [7, 11) is -2.20. The van der Waals surface area contributed by atoms with E-state index >= 15 is 0 Å². The molecule has 3 aromatic carbocycles. The normalized spacial score (nSPS) is 11.2. The predicted octanol–water partition coefficient (Wildman–Crippen LogP) is 6.11. The molecule has 0 spiro atoms. The molecule has 36 heavy (non-hydrogen) atoms. The molecule has 4 aromatic rings. The summed E-state index contributed by atoms with van der Waals surface area (Å²) >= 11 is 12.9. The fourth-order valence-electron chi connectivity index (χ4n) is 3.38. The largest absolute Gasteiger partial charge is 0.497 e. The van der Waals surface area contributed by atoms with Crippen molar-refractivity contribution >= 4 is 77.7 Å². The molecule has 1 aromatic heterocycles. The lowest BCUT2D eigenvalue weighted by atomic mass is 10.1. The van der Waals surface area contributed by atoms with Crippen molar-refractivity contribution in [1.82, 2.24) is 5.32 Å². The highest BCUT2D eigenvalue weighted by Crippen LogP contribution is 2.37. The minimum Gasteiger partial charge on any atom is -0.497 e. The number of sulfonamides is 1. The molecule has 0 fully saturated rings. The zero-order valence-electron chi connectivity index (χ0n) is 19.5. The standard InChI is InChI=1S/C25H22ClN3O4S3/c1-14-4-5-17(12-15(14)2)29-36(31,32)19-9-6-16(7-10-19)27-25(34)28-24(30)23-22(26)20-11-8-18(33-3)13-21(20)35-23/h4-13,29H,1-3H3,(H2,27,28,30,34). The van der Waals surface area contributed by atoms with Gasteiger partial charge in [-0.2, -0.15) is 0 Å². The maximum atomic E-state index is 12.8. The van der Waals surface area contributed by atoms with Crippen LogP contribution in [0.15, 0.2) is 65.6 Å². The molecule has 0 unspecified atom stereocenters. The summed E-state index contributed by atoms with van der Waals surface area (Å²) in [6.45, 7) is 3.88. The van der Waals surface area contributed by atoms with Crippen LogP contribution in [-0.2, 0) is 10.0 Å². The van der Waals surface area contributed by atoms with E-state index < -0.39 is 15.9 Å². The molecular weight excluding hydrogens is 538 g/mol. The number of hydrogen-bond acceptors (Lipinski definition) is 6. The fourth-order valence-corrected chi connectivity index (χ4v) is 6.08. The minimum absolute atomic E-state index is 0.0509. The van der Waals surface area contributed by atoms with Gasteiger partial charge in [0.1, 0.15) is 10.6 Å². The van der Waals surface area contributed by atoms with E-state index in [9.17, 15) is 13.2 Å². The third-order valence-electron chi connectivity index (χ3n) is 5.45. The monoisotopic (exact) mass is 559 g/mol. The van der Waals surface area contributed by atoms with E-state index in [1.807, 2.05) is 26.0 Å². The molecular formula is C25H22ClN3O4S3. The first-order valence-electron chi connectivity index (χ1n) is 10.7. The van der Waals surface area contributed by atoms with Crippen molar-refractivity contribution in [1.29, 1.82) is 0 Å². The van der Waals surface area contributed by atoms with Crippen LogP contribution in [0.1, 0.15) is 20.8 Å². The summed E-state index contributed by atoms with van der Waals surface area (Å²) < 4.78 is 34.1. The number of fused-ring (bicyclic) bond motifs is 1. The quantitative estimate of drug-likeness (QED) is 0.247. The lowest BCUT2D eigenvalue weighted by Gasteiger charge is -2.12. The Morgan fingerprint density at radius 3 is 2.33 bits per heavy atom. The highest BCUT2D eigenvalue weighted by Gasteiger charge is 2.19. The number of thiocarbonyl (C=S) groups is 1. The van der Waals surface area contributed by atoms with Crippen molar-refractivity contribution in [3.05, 3.63) is 81.7 Å². The van der Waals surface area contributed by atoms with Crippen LogP contribution in [0.25, 0.3) is 10.1 Å². The number of anilines is 2. The first kappa shape index (κ1) is 25.9. The molecule has 0 saturated heterocycles. The van der Waals surface area contributed by atoms with E-state index in [1.54, 1.807) is 43.5 Å². The van der Waals surface area contributed by atoms with Crippen molar-refractivity contribution in [2.45, 2.75) is 18.7 Å². The van der Waals surface area contributed by atoms with Gasteiger partial charge in [-0.05, 0) is 91.8 Å². The van der Waals surface area contributed by atoms with Gasteiger partial charge < -0.3 is 10.1 Å². The lowest BCUT2D eigenvalue weighted by Crippen LogP contribution is -2.33. The lowest BCUT2D eigenvalue weighted by molar-refractivity contribution is 0.0982. The van der Waals surface area contributed by atoms with E-state index in [0.717, 1.165) is 21.2 Å². The molecule has 3 N–H and O–H groups in total. The Kier molecular flexibility index (Phi) is 7.51. The average molecular weight is 560 g/mol. The van der Waals surface area contributed by atoms with Gasteiger partial charge in [-0.3, -0.25) is 14.8 Å². The summed E-state index contributed by atoms with van der Waals surface area (Å²) in [4.78, 5) is 13.2. The number of thiophene rings is 1. The van der Waals surface area contributed by atoms with Crippen molar-refractivity contribution in [2.75, 3.05) is 17.1 Å². The Labute approximate surface area is 223 Å². The van der Waals surface area contributed by atoms with E-state index in [1.165, 1.54) is 23.5 Å². The number of methoxy groups -OCH3 is 1. The maximum absolute atomic E-state index is 12.8. The van der Waals surface area contributed by atoms with Crippen molar-refractivity contribution in [3.63, 3.8) is 0 Å². The van der Waals surface area contributed by atoms with Crippen molar-refractivity contribution < 1.29 is 17.9 Å². The first-order chi connectivity index (χ1) is 17.1. The SMILES string of the molecule is COc1ccc2c(Cl)c(C(=O)NC(=S)Nc3ccc(S(=O)(=O)Nc4ccc(C)c(C)c4)cc3)sc2c1. The van der Waals surface area contributed by atoms with E-state index in [4.69, 9.17) is 28.6 Å². The summed E-state index contributed by atoms with van der Waals surface area (Å²) in [6.07, 6.45) is 0. The Hall–Kier alpha value is -3.18. The molecule has 7 nitrogen and oxygen atoms in total. The van der Waals surface area contributed by atoms with Crippen LogP contribution in [0.5, 0.6) is 5.75 Å². The van der Waals surface area contributed by atoms with Crippen LogP contribution >= 0.6 is 35.2 Å². The highest BCUT2D eigenvalue weighted by molar-refractivity contribution is 7.92. The molecule has 0 aliphatic rings. The number of ether oxygens (including phenoxy) is 1. The Bertz CT molecular complexity index is 1580. The van der Waals surface area contributed by atoms with Gasteiger partial charge in [0.2, 0.25) is 0 Å². The van der Waals surface area contributed by atoms with Gasteiger partial charge in [-0.15, -0.1) is 11.3 Å². The second-order valence-corrected chi connectivity index (χ2v) is 11.5. The van der Waals surface area contributed by atoms with E-state index in [0.29, 0.717) is 27.0 Å². The van der Waals surface area contributed by atoms with Gasteiger partial charge in [0.15, 0.2) is 5.11 Å². The van der Waals surface area contributed by atoms with Crippen LogP contribution < -0.4 is 20.1 Å². The minimum atomic E-state index is -3.77. The highest BCUT2D eigenvalue weighted by atomic mass is 35.5. The van der Waals surface area contributed by atoms with Gasteiger partial charge in [-0.1, -0.05) is 17.7 Å². The number of nitrogens with one attached hydrogen (secondary N) is 3. The number of halogens is 1. The molecule has 11 heteroatoms. The first-order valence-corrected chi connectivity index (χ1v) is 13.7. The average Bonchev–Trinajstić information content (AvgIpc) is 3.17. The summed E-state index contributed by atoms with van der Waals surface area (Å²) in [5.74, 6) is 0.216. The summed E-state index contributed by atoms with van der Waals surface area (Å²) in [6, 6.07) is 16.8. The summed E-state index contributed by atoms with van der Waals surface area (Å²) in [5, 5.41) is 6.63. The predicted molar refractivity (Wildman–Crippen MR) is 150 cm³/mol. The molecule has 4 rings (SSSR count). The Morgan fingerprint density at radius 1 is 0.972 bits per heavy atom.